The van der Waals surface area contributed by atoms with Crippen LogP contribution in [0.15, 0.2) is 16.7 Å². The molecule has 0 aliphatic carbocycles. The summed E-state index contributed by atoms with van der Waals surface area (Å²) in [4.78, 5) is 14.7. The van der Waals surface area contributed by atoms with Crippen LogP contribution in [0.1, 0.15) is 62.5 Å². The van der Waals surface area contributed by atoms with E-state index in [1.165, 1.54) is 19.3 Å². The van der Waals surface area contributed by atoms with Crippen LogP contribution in [-0.4, -0.2) is 28.5 Å². The molecule has 2 rings (SSSR count). The summed E-state index contributed by atoms with van der Waals surface area (Å²) in [5.74, 6) is 0.182. The van der Waals surface area contributed by atoms with Crippen molar-refractivity contribution in [1.82, 2.24) is 9.47 Å². The van der Waals surface area contributed by atoms with E-state index in [9.17, 15) is 4.79 Å². The highest BCUT2D eigenvalue weighted by Crippen LogP contribution is 2.22. The summed E-state index contributed by atoms with van der Waals surface area (Å²) in [5.41, 5.74) is 0.808. The lowest BCUT2D eigenvalue weighted by molar-refractivity contribution is 0.0730. The first-order valence-electron chi connectivity index (χ1n) is 7.26. The number of nitrogens with zero attached hydrogens (tertiary/aromatic N) is 2. The molecule has 4 heteroatoms. The normalized spacial score (nSPS) is 17.4. The number of carbonyl (C=O) groups is 1. The fraction of sp³-hybridized carbons (Fsp3) is 0.667. The van der Waals surface area contributed by atoms with Crippen LogP contribution < -0.4 is 0 Å². The molecule has 2 heterocycles. The summed E-state index contributed by atoms with van der Waals surface area (Å²) in [7, 11) is 0. The standard InChI is InChI=1S/C15H23BrN2O/c1-12(2)18-11-13(16)10-14(18)15(19)17-8-6-4-3-5-7-9-17/h10-12H,3-9H2,1-2H3. The van der Waals surface area contributed by atoms with Gasteiger partial charge in [0.25, 0.3) is 5.91 Å². The van der Waals surface area contributed by atoms with Crippen LogP contribution in [0.2, 0.25) is 0 Å². The maximum atomic E-state index is 12.7. The van der Waals surface area contributed by atoms with Crippen LogP contribution in [0.4, 0.5) is 0 Å². The molecule has 0 saturated carbocycles. The molecule has 0 atom stereocenters. The van der Waals surface area contributed by atoms with Gasteiger partial charge in [0.05, 0.1) is 0 Å². The van der Waals surface area contributed by atoms with Gasteiger partial charge in [-0.25, -0.2) is 0 Å². The molecule has 0 bridgehead atoms. The Morgan fingerprint density at radius 2 is 1.74 bits per heavy atom. The zero-order valence-corrected chi connectivity index (χ0v) is 13.4. The highest BCUT2D eigenvalue weighted by Gasteiger charge is 2.21. The highest BCUT2D eigenvalue weighted by molar-refractivity contribution is 9.10. The van der Waals surface area contributed by atoms with Gasteiger partial charge in [0.2, 0.25) is 0 Å². The third-order valence-corrected chi connectivity index (χ3v) is 4.17. The molecule has 1 aromatic heterocycles. The van der Waals surface area contributed by atoms with Gasteiger partial charge in [0, 0.05) is 29.8 Å². The fourth-order valence-corrected chi connectivity index (χ4v) is 3.09. The van der Waals surface area contributed by atoms with Crippen molar-refractivity contribution in [3.05, 3.63) is 22.4 Å². The van der Waals surface area contributed by atoms with Crippen molar-refractivity contribution in [2.24, 2.45) is 0 Å². The number of aromatic nitrogens is 1. The monoisotopic (exact) mass is 326 g/mol. The molecule has 3 nitrogen and oxygen atoms in total. The largest absolute Gasteiger partial charge is 0.340 e. The molecular formula is C15H23BrN2O. The summed E-state index contributed by atoms with van der Waals surface area (Å²) in [5, 5.41) is 0. The second-order valence-corrected chi connectivity index (χ2v) is 6.52. The minimum absolute atomic E-state index is 0.182. The van der Waals surface area contributed by atoms with E-state index >= 15 is 0 Å². The first kappa shape index (κ1) is 14.6. The first-order valence-corrected chi connectivity index (χ1v) is 8.05. The van der Waals surface area contributed by atoms with E-state index in [-0.39, 0.29) is 5.91 Å². The van der Waals surface area contributed by atoms with Crippen LogP contribution in [-0.2, 0) is 0 Å². The van der Waals surface area contributed by atoms with E-state index in [0.717, 1.165) is 36.1 Å². The van der Waals surface area contributed by atoms with Crippen molar-refractivity contribution in [2.45, 2.75) is 52.0 Å². The van der Waals surface area contributed by atoms with Gasteiger partial charge in [-0.15, -0.1) is 0 Å². The lowest BCUT2D eigenvalue weighted by Gasteiger charge is -2.25. The third kappa shape index (κ3) is 3.62. The van der Waals surface area contributed by atoms with E-state index in [1.807, 2.05) is 17.2 Å². The average Bonchev–Trinajstić information content (AvgIpc) is 2.70. The number of rotatable bonds is 2. The molecule has 1 amide bonds. The molecule has 1 saturated heterocycles. The summed E-state index contributed by atoms with van der Waals surface area (Å²) >= 11 is 3.48. The van der Waals surface area contributed by atoms with Crippen LogP contribution in [0.25, 0.3) is 0 Å². The van der Waals surface area contributed by atoms with E-state index in [2.05, 4.69) is 34.3 Å². The van der Waals surface area contributed by atoms with Crippen molar-refractivity contribution in [2.75, 3.05) is 13.1 Å². The molecule has 1 aliphatic heterocycles. The maximum absolute atomic E-state index is 12.7. The number of carbonyl (C=O) groups excluding carboxylic acids is 1. The van der Waals surface area contributed by atoms with Gasteiger partial charge >= 0.3 is 0 Å². The van der Waals surface area contributed by atoms with E-state index in [1.54, 1.807) is 0 Å². The average molecular weight is 327 g/mol. The van der Waals surface area contributed by atoms with Gasteiger partial charge in [0.15, 0.2) is 0 Å². The topological polar surface area (TPSA) is 25.2 Å². The van der Waals surface area contributed by atoms with Crippen LogP contribution >= 0.6 is 15.9 Å². The van der Waals surface area contributed by atoms with E-state index in [0.29, 0.717) is 6.04 Å². The van der Waals surface area contributed by atoms with Crippen LogP contribution in [0.3, 0.4) is 0 Å². The Kier molecular flexibility index (Phi) is 5.08. The molecule has 0 N–H and O–H groups in total. The summed E-state index contributed by atoms with van der Waals surface area (Å²) in [6.45, 7) is 6.02. The van der Waals surface area contributed by atoms with Gasteiger partial charge in [0.1, 0.15) is 5.69 Å². The summed E-state index contributed by atoms with van der Waals surface area (Å²) in [6, 6.07) is 2.25. The van der Waals surface area contributed by atoms with Crippen molar-refractivity contribution in [1.29, 1.82) is 0 Å². The summed E-state index contributed by atoms with van der Waals surface area (Å²) < 4.78 is 3.04. The molecule has 0 unspecified atom stereocenters. The molecule has 1 fully saturated rings. The number of amides is 1. The number of likely N-dealkylation sites (tertiary alicyclic amines) is 1. The van der Waals surface area contributed by atoms with Crippen LogP contribution in [0.5, 0.6) is 0 Å². The Morgan fingerprint density at radius 1 is 1.16 bits per heavy atom. The minimum atomic E-state index is 0.182. The Labute approximate surface area is 124 Å². The lowest BCUT2D eigenvalue weighted by atomic mass is 10.1. The van der Waals surface area contributed by atoms with Crippen molar-refractivity contribution in [3.8, 4) is 0 Å². The molecule has 0 radical (unpaired) electrons. The third-order valence-electron chi connectivity index (χ3n) is 3.73. The fourth-order valence-electron chi connectivity index (χ4n) is 2.66. The van der Waals surface area contributed by atoms with Crippen LogP contribution in [0, 0.1) is 0 Å². The molecule has 1 aliphatic rings. The Morgan fingerprint density at radius 3 is 2.32 bits per heavy atom. The van der Waals surface area contributed by atoms with Crippen molar-refractivity contribution in [3.63, 3.8) is 0 Å². The second kappa shape index (κ2) is 6.60. The van der Waals surface area contributed by atoms with Crippen molar-refractivity contribution >= 4 is 21.8 Å². The van der Waals surface area contributed by atoms with Gasteiger partial charge < -0.3 is 9.47 Å². The quantitative estimate of drug-likeness (QED) is 0.798. The highest BCUT2D eigenvalue weighted by atomic mass is 79.9. The molecular weight excluding hydrogens is 304 g/mol. The number of hydrogen-bond acceptors (Lipinski definition) is 1. The Balaban J connectivity index is 2.17. The van der Waals surface area contributed by atoms with Crippen molar-refractivity contribution < 1.29 is 4.79 Å². The van der Waals surface area contributed by atoms with E-state index in [4.69, 9.17) is 0 Å². The molecule has 0 spiro atoms. The number of hydrogen-bond donors (Lipinski definition) is 0. The summed E-state index contributed by atoms with van der Waals surface area (Å²) in [6.07, 6.45) is 8.08. The molecule has 19 heavy (non-hydrogen) atoms. The zero-order valence-electron chi connectivity index (χ0n) is 11.9. The maximum Gasteiger partial charge on any atom is 0.270 e. The first-order chi connectivity index (χ1) is 9.09. The predicted molar refractivity (Wildman–Crippen MR) is 81.5 cm³/mol. The predicted octanol–water partition coefficient (Wildman–Crippen LogP) is 4.24. The molecule has 106 valence electrons. The number of halogens is 1. The lowest BCUT2D eigenvalue weighted by Crippen LogP contribution is -2.35. The van der Waals surface area contributed by atoms with Gasteiger partial charge in [-0.05, 0) is 48.7 Å². The molecule has 1 aromatic rings. The second-order valence-electron chi connectivity index (χ2n) is 5.60. The Hall–Kier alpha value is -0.770. The zero-order chi connectivity index (χ0) is 13.8. The van der Waals surface area contributed by atoms with E-state index < -0.39 is 0 Å². The Bertz CT molecular complexity index is 431. The SMILES string of the molecule is CC(C)n1cc(Br)cc1C(=O)N1CCCCCCC1. The van der Waals surface area contributed by atoms with Gasteiger partial charge in [-0.1, -0.05) is 19.3 Å². The smallest absolute Gasteiger partial charge is 0.270 e. The van der Waals surface area contributed by atoms with Gasteiger partial charge in [-0.3, -0.25) is 4.79 Å². The minimum Gasteiger partial charge on any atom is -0.340 e. The molecule has 0 aromatic carbocycles. The van der Waals surface area contributed by atoms with Gasteiger partial charge in [-0.2, -0.15) is 0 Å².